The lowest BCUT2D eigenvalue weighted by Crippen LogP contribution is -1.98. The van der Waals surface area contributed by atoms with Gasteiger partial charge < -0.3 is 5.73 Å². The molecule has 0 aliphatic carbocycles. The van der Waals surface area contributed by atoms with E-state index in [-0.39, 0.29) is 0 Å². The molecule has 0 unspecified atom stereocenters. The first-order valence-corrected chi connectivity index (χ1v) is 3.15. The third kappa shape index (κ3) is 2.36. The topological polar surface area (TPSA) is 26.0 Å². The number of hydrogen-bond acceptors (Lipinski definition) is 1. The number of allylic oxidation sites excluding steroid dienone is 3. The standard InChI is InChI=1S/C8H15N/c1-5-8(9)7(4)6(2)3/h5H,9H2,1-4H3/b8-5+. The molecule has 0 heterocycles. The van der Waals surface area contributed by atoms with Crippen LogP contribution < -0.4 is 5.73 Å². The molecule has 0 aromatic carbocycles. The van der Waals surface area contributed by atoms with Gasteiger partial charge >= 0.3 is 0 Å². The summed E-state index contributed by atoms with van der Waals surface area (Å²) in [7, 11) is 0. The van der Waals surface area contributed by atoms with Crippen molar-refractivity contribution in [2.75, 3.05) is 0 Å². The van der Waals surface area contributed by atoms with Crippen LogP contribution in [0.5, 0.6) is 0 Å². The zero-order valence-corrected chi connectivity index (χ0v) is 6.65. The molecule has 0 spiro atoms. The summed E-state index contributed by atoms with van der Waals surface area (Å²) in [6.45, 7) is 8.10. The van der Waals surface area contributed by atoms with E-state index in [4.69, 9.17) is 5.73 Å². The van der Waals surface area contributed by atoms with Crippen LogP contribution in [0.2, 0.25) is 0 Å². The highest BCUT2D eigenvalue weighted by atomic mass is 14.6. The van der Waals surface area contributed by atoms with E-state index in [9.17, 15) is 0 Å². The van der Waals surface area contributed by atoms with Crippen molar-refractivity contribution in [3.05, 3.63) is 22.9 Å². The van der Waals surface area contributed by atoms with Gasteiger partial charge in [-0.1, -0.05) is 11.6 Å². The minimum atomic E-state index is 0.884. The molecule has 0 rings (SSSR count). The highest BCUT2D eigenvalue weighted by Crippen LogP contribution is 2.07. The maximum Gasteiger partial charge on any atom is 0.0299 e. The first-order chi connectivity index (χ1) is 4.09. The Hall–Kier alpha value is -0.720. The van der Waals surface area contributed by atoms with E-state index in [0.29, 0.717) is 0 Å². The van der Waals surface area contributed by atoms with Gasteiger partial charge in [0.2, 0.25) is 0 Å². The molecule has 0 aliphatic rings. The monoisotopic (exact) mass is 125 g/mol. The summed E-state index contributed by atoms with van der Waals surface area (Å²) in [6.07, 6.45) is 1.92. The Morgan fingerprint density at radius 2 is 1.67 bits per heavy atom. The Labute approximate surface area is 57.3 Å². The fourth-order valence-electron chi connectivity index (χ4n) is 0.505. The van der Waals surface area contributed by atoms with Gasteiger partial charge in [0, 0.05) is 5.70 Å². The predicted octanol–water partition coefficient (Wildman–Crippen LogP) is 2.21. The predicted molar refractivity (Wildman–Crippen MR) is 42.0 cm³/mol. The first-order valence-electron chi connectivity index (χ1n) is 3.15. The van der Waals surface area contributed by atoms with Crippen molar-refractivity contribution < 1.29 is 0 Å². The summed E-state index contributed by atoms with van der Waals surface area (Å²) in [4.78, 5) is 0. The Bertz CT molecular complexity index is 148. The van der Waals surface area contributed by atoms with Crippen LogP contribution in [0.15, 0.2) is 22.9 Å². The van der Waals surface area contributed by atoms with E-state index in [0.717, 1.165) is 5.70 Å². The molecule has 1 heteroatoms. The lowest BCUT2D eigenvalue weighted by Gasteiger charge is -2.01. The maximum atomic E-state index is 5.62. The van der Waals surface area contributed by atoms with Crippen LogP contribution in [0, 0.1) is 0 Å². The Kier molecular flexibility index (Phi) is 3.07. The number of rotatable bonds is 1. The molecule has 0 bridgehead atoms. The molecule has 0 fully saturated rings. The minimum Gasteiger partial charge on any atom is -0.399 e. The molecule has 0 amide bonds. The summed E-state index contributed by atoms with van der Waals surface area (Å²) < 4.78 is 0. The van der Waals surface area contributed by atoms with Gasteiger partial charge in [-0.25, -0.2) is 0 Å². The van der Waals surface area contributed by atoms with Gasteiger partial charge in [-0.15, -0.1) is 0 Å². The fourth-order valence-corrected chi connectivity index (χ4v) is 0.505. The van der Waals surface area contributed by atoms with Crippen LogP contribution in [0.3, 0.4) is 0 Å². The van der Waals surface area contributed by atoms with Gasteiger partial charge in [0.15, 0.2) is 0 Å². The van der Waals surface area contributed by atoms with Crippen molar-refractivity contribution in [2.45, 2.75) is 27.7 Å². The zero-order valence-electron chi connectivity index (χ0n) is 6.65. The van der Waals surface area contributed by atoms with E-state index in [1.807, 2.05) is 19.9 Å². The van der Waals surface area contributed by atoms with Crippen LogP contribution in [-0.4, -0.2) is 0 Å². The average Bonchev–Trinajstić information content (AvgIpc) is 1.84. The SMILES string of the molecule is C/C=C(/N)C(C)=C(C)C. The van der Waals surface area contributed by atoms with Crippen LogP contribution in [0.4, 0.5) is 0 Å². The molecule has 0 aromatic rings. The first kappa shape index (κ1) is 8.28. The van der Waals surface area contributed by atoms with Gasteiger partial charge in [-0.2, -0.15) is 0 Å². The lowest BCUT2D eigenvalue weighted by molar-refractivity contribution is 1.19. The van der Waals surface area contributed by atoms with Crippen molar-refractivity contribution in [3.63, 3.8) is 0 Å². The highest BCUT2D eigenvalue weighted by Gasteiger charge is 1.91. The van der Waals surface area contributed by atoms with Crippen LogP contribution in [-0.2, 0) is 0 Å². The van der Waals surface area contributed by atoms with Gasteiger partial charge in [0.1, 0.15) is 0 Å². The van der Waals surface area contributed by atoms with Gasteiger partial charge in [-0.05, 0) is 33.3 Å². The Morgan fingerprint density at radius 1 is 1.22 bits per heavy atom. The van der Waals surface area contributed by atoms with Gasteiger partial charge in [0.25, 0.3) is 0 Å². The zero-order chi connectivity index (χ0) is 7.44. The molecule has 2 N–H and O–H groups in total. The minimum absolute atomic E-state index is 0.884. The third-order valence-electron chi connectivity index (χ3n) is 1.49. The van der Waals surface area contributed by atoms with Crippen molar-refractivity contribution in [1.29, 1.82) is 0 Å². The molecule has 9 heavy (non-hydrogen) atoms. The fraction of sp³-hybridized carbons (Fsp3) is 0.500. The van der Waals surface area contributed by atoms with Crippen LogP contribution >= 0.6 is 0 Å². The second-order valence-electron chi connectivity index (χ2n) is 2.37. The molecule has 0 saturated carbocycles. The van der Waals surface area contributed by atoms with Crippen molar-refractivity contribution >= 4 is 0 Å². The Balaban J connectivity index is 4.40. The molecule has 0 aliphatic heterocycles. The second kappa shape index (κ2) is 3.33. The van der Waals surface area contributed by atoms with Gasteiger partial charge in [0.05, 0.1) is 0 Å². The van der Waals surface area contributed by atoms with Gasteiger partial charge in [-0.3, -0.25) is 0 Å². The van der Waals surface area contributed by atoms with E-state index < -0.39 is 0 Å². The Morgan fingerprint density at radius 3 is 1.78 bits per heavy atom. The van der Waals surface area contributed by atoms with Crippen molar-refractivity contribution in [3.8, 4) is 0 Å². The molecular weight excluding hydrogens is 110 g/mol. The van der Waals surface area contributed by atoms with E-state index >= 15 is 0 Å². The third-order valence-corrected chi connectivity index (χ3v) is 1.49. The average molecular weight is 125 g/mol. The summed E-state index contributed by atoms with van der Waals surface area (Å²) in [5.74, 6) is 0. The molecular formula is C8H15N. The van der Waals surface area contributed by atoms with Crippen molar-refractivity contribution in [2.24, 2.45) is 5.73 Å². The normalized spacial score (nSPS) is 11.3. The smallest absolute Gasteiger partial charge is 0.0299 e. The van der Waals surface area contributed by atoms with Crippen LogP contribution in [0.25, 0.3) is 0 Å². The summed E-state index contributed by atoms with van der Waals surface area (Å²) >= 11 is 0. The highest BCUT2D eigenvalue weighted by molar-refractivity contribution is 5.28. The van der Waals surface area contributed by atoms with E-state index in [2.05, 4.69) is 13.8 Å². The maximum absolute atomic E-state index is 5.62. The molecule has 52 valence electrons. The van der Waals surface area contributed by atoms with E-state index in [1.165, 1.54) is 11.1 Å². The number of nitrogens with two attached hydrogens (primary N) is 1. The van der Waals surface area contributed by atoms with E-state index in [1.54, 1.807) is 0 Å². The van der Waals surface area contributed by atoms with Crippen molar-refractivity contribution in [1.82, 2.24) is 0 Å². The largest absolute Gasteiger partial charge is 0.399 e. The molecule has 0 aromatic heterocycles. The summed E-state index contributed by atoms with van der Waals surface area (Å²) in [5, 5.41) is 0. The molecule has 1 nitrogen and oxygen atoms in total. The molecule has 0 radical (unpaired) electrons. The molecule has 0 saturated heterocycles. The summed E-state index contributed by atoms with van der Waals surface area (Å²) in [5.41, 5.74) is 8.98. The number of hydrogen-bond donors (Lipinski definition) is 1. The van der Waals surface area contributed by atoms with Crippen LogP contribution in [0.1, 0.15) is 27.7 Å². The second-order valence-corrected chi connectivity index (χ2v) is 2.37. The quantitative estimate of drug-likeness (QED) is 0.534. The lowest BCUT2D eigenvalue weighted by atomic mass is 10.1. The molecule has 0 atom stereocenters. The summed E-state index contributed by atoms with van der Waals surface area (Å²) in [6, 6.07) is 0.